The van der Waals surface area contributed by atoms with Gasteiger partial charge in [-0.3, -0.25) is 10.1 Å². The number of fused-ring (bicyclic) bond motifs is 1. The molecule has 22 heavy (non-hydrogen) atoms. The third-order valence-corrected chi connectivity index (χ3v) is 3.42. The van der Waals surface area contributed by atoms with Gasteiger partial charge in [-0.25, -0.2) is 0 Å². The van der Waals surface area contributed by atoms with Gasteiger partial charge in [0.1, 0.15) is 5.69 Å². The summed E-state index contributed by atoms with van der Waals surface area (Å²) in [6, 6.07) is 9.81. The molecule has 1 heterocycles. The van der Waals surface area contributed by atoms with Crippen molar-refractivity contribution in [1.29, 1.82) is 0 Å². The Hall–Kier alpha value is -2.47. The molecule has 0 aromatic heterocycles. The van der Waals surface area contributed by atoms with Gasteiger partial charge in [0.15, 0.2) is 11.5 Å². The van der Waals surface area contributed by atoms with Crippen LogP contribution in [0.5, 0.6) is 11.5 Å². The van der Waals surface area contributed by atoms with Gasteiger partial charge >= 0.3 is 0 Å². The number of nitro benzene ring substituents is 1. The lowest BCUT2D eigenvalue weighted by Crippen LogP contribution is -1.98. The van der Waals surface area contributed by atoms with Crippen LogP contribution in [-0.4, -0.2) is 18.1 Å². The lowest BCUT2D eigenvalue weighted by atomic mass is 10.2. The minimum Gasteiger partial charge on any atom is -0.490 e. The number of anilines is 2. The number of ether oxygens (including phenoxy) is 2. The van der Waals surface area contributed by atoms with E-state index in [1.54, 1.807) is 30.3 Å². The minimum atomic E-state index is -0.475. The SMILES string of the molecule is O=[N+]([O-])c1cc(Cl)ccc1Nc1ccc2c(c1)OCCCO2. The predicted octanol–water partition coefficient (Wildman–Crippen LogP) is 4.15. The lowest BCUT2D eigenvalue weighted by Gasteiger charge is -2.11. The molecule has 1 aliphatic heterocycles. The molecule has 0 saturated heterocycles. The zero-order valence-corrected chi connectivity index (χ0v) is 12.3. The van der Waals surface area contributed by atoms with Gasteiger partial charge in [0, 0.05) is 29.3 Å². The summed E-state index contributed by atoms with van der Waals surface area (Å²) >= 11 is 5.81. The Bertz CT molecular complexity index is 721. The number of nitro groups is 1. The third kappa shape index (κ3) is 3.07. The second-order valence-corrected chi connectivity index (χ2v) is 5.19. The van der Waals surface area contributed by atoms with Gasteiger partial charge in [-0.1, -0.05) is 11.6 Å². The van der Waals surface area contributed by atoms with Crippen LogP contribution in [0.3, 0.4) is 0 Å². The van der Waals surface area contributed by atoms with Crippen molar-refractivity contribution in [3.63, 3.8) is 0 Å². The molecule has 7 heteroatoms. The van der Waals surface area contributed by atoms with Crippen LogP contribution in [0.4, 0.5) is 17.1 Å². The molecule has 2 aromatic rings. The number of nitrogens with one attached hydrogen (secondary N) is 1. The van der Waals surface area contributed by atoms with Gasteiger partial charge in [-0.2, -0.15) is 0 Å². The summed E-state index contributed by atoms with van der Waals surface area (Å²) in [6.45, 7) is 1.19. The molecule has 0 amide bonds. The highest BCUT2D eigenvalue weighted by Gasteiger charge is 2.16. The first-order valence-corrected chi connectivity index (χ1v) is 7.12. The summed E-state index contributed by atoms with van der Waals surface area (Å²) in [5, 5.41) is 14.4. The van der Waals surface area contributed by atoms with Crippen molar-refractivity contribution >= 4 is 28.7 Å². The van der Waals surface area contributed by atoms with Crippen LogP contribution in [0.25, 0.3) is 0 Å². The number of benzene rings is 2. The molecule has 0 atom stereocenters. The van der Waals surface area contributed by atoms with Crippen LogP contribution in [0.15, 0.2) is 36.4 Å². The smallest absolute Gasteiger partial charge is 0.294 e. The van der Waals surface area contributed by atoms with Gasteiger partial charge in [0.2, 0.25) is 0 Å². The number of nitrogens with zero attached hydrogens (tertiary/aromatic N) is 1. The Morgan fingerprint density at radius 2 is 1.86 bits per heavy atom. The molecule has 0 saturated carbocycles. The molecule has 0 fully saturated rings. The van der Waals surface area contributed by atoms with E-state index < -0.39 is 4.92 Å². The van der Waals surface area contributed by atoms with E-state index in [9.17, 15) is 10.1 Å². The molecular formula is C15H13ClN2O4. The lowest BCUT2D eigenvalue weighted by molar-refractivity contribution is -0.383. The van der Waals surface area contributed by atoms with Crippen LogP contribution in [0.2, 0.25) is 5.02 Å². The molecular weight excluding hydrogens is 308 g/mol. The molecule has 0 aliphatic carbocycles. The van der Waals surface area contributed by atoms with Crippen molar-refractivity contribution in [1.82, 2.24) is 0 Å². The normalized spacial score (nSPS) is 13.3. The summed E-state index contributed by atoms with van der Waals surface area (Å²) in [4.78, 5) is 10.6. The fraction of sp³-hybridized carbons (Fsp3) is 0.200. The molecule has 0 unspecified atom stereocenters. The minimum absolute atomic E-state index is 0.0837. The summed E-state index contributed by atoms with van der Waals surface area (Å²) in [5.41, 5.74) is 0.957. The quantitative estimate of drug-likeness (QED) is 0.679. The molecule has 114 valence electrons. The monoisotopic (exact) mass is 320 g/mol. The highest BCUT2D eigenvalue weighted by atomic mass is 35.5. The van der Waals surface area contributed by atoms with E-state index >= 15 is 0 Å². The Labute approximate surface area is 131 Å². The first-order chi connectivity index (χ1) is 10.6. The maximum atomic E-state index is 11.1. The first-order valence-electron chi connectivity index (χ1n) is 6.74. The Morgan fingerprint density at radius 3 is 2.64 bits per heavy atom. The highest BCUT2D eigenvalue weighted by Crippen LogP contribution is 2.35. The summed E-state index contributed by atoms with van der Waals surface area (Å²) < 4.78 is 11.2. The van der Waals surface area contributed by atoms with Gasteiger partial charge in [-0.05, 0) is 24.3 Å². The van der Waals surface area contributed by atoms with E-state index in [4.69, 9.17) is 21.1 Å². The van der Waals surface area contributed by atoms with Crippen molar-refractivity contribution in [3.8, 4) is 11.5 Å². The summed E-state index contributed by atoms with van der Waals surface area (Å²) in [6.07, 6.45) is 0.820. The average Bonchev–Trinajstić information content (AvgIpc) is 2.73. The van der Waals surface area contributed by atoms with E-state index in [-0.39, 0.29) is 5.69 Å². The van der Waals surface area contributed by atoms with E-state index in [0.29, 0.717) is 41.1 Å². The Kier molecular flexibility index (Phi) is 4.02. The zero-order valence-electron chi connectivity index (χ0n) is 11.5. The first kappa shape index (κ1) is 14.5. The van der Waals surface area contributed by atoms with Gasteiger partial charge in [0.05, 0.1) is 18.1 Å². The van der Waals surface area contributed by atoms with Gasteiger partial charge in [0.25, 0.3) is 5.69 Å². The van der Waals surface area contributed by atoms with Crippen molar-refractivity contribution in [3.05, 3.63) is 51.5 Å². The fourth-order valence-electron chi connectivity index (χ4n) is 2.16. The van der Waals surface area contributed by atoms with Crippen molar-refractivity contribution in [2.45, 2.75) is 6.42 Å². The maximum Gasteiger partial charge on any atom is 0.294 e. The molecule has 6 nitrogen and oxygen atoms in total. The molecule has 3 rings (SSSR count). The molecule has 2 aromatic carbocycles. The van der Waals surface area contributed by atoms with E-state index in [2.05, 4.69) is 5.32 Å². The number of hydrogen-bond donors (Lipinski definition) is 1. The fourth-order valence-corrected chi connectivity index (χ4v) is 2.32. The van der Waals surface area contributed by atoms with Crippen LogP contribution in [0.1, 0.15) is 6.42 Å². The highest BCUT2D eigenvalue weighted by molar-refractivity contribution is 6.30. The zero-order chi connectivity index (χ0) is 15.5. The summed E-state index contributed by atoms with van der Waals surface area (Å²) in [5.74, 6) is 1.30. The van der Waals surface area contributed by atoms with Crippen molar-refractivity contribution in [2.75, 3.05) is 18.5 Å². The van der Waals surface area contributed by atoms with Crippen LogP contribution >= 0.6 is 11.6 Å². The number of hydrogen-bond acceptors (Lipinski definition) is 5. The van der Waals surface area contributed by atoms with Gasteiger partial charge in [-0.15, -0.1) is 0 Å². The van der Waals surface area contributed by atoms with Crippen molar-refractivity contribution < 1.29 is 14.4 Å². The number of halogens is 1. The molecule has 0 radical (unpaired) electrons. The molecule has 0 spiro atoms. The predicted molar refractivity (Wildman–Crippen MR) is 83.4 cm³/mol. The second-order valence-electron chi connectivity index (χ2n) is 4.76. The average molecular weight is 321 g/mol. The van der Waals surface area contributed by atoms with Gasteiger partial charge < -0.3 is 14.8 Å². The third-order valence-electron chi connectivity index (χ3n) is 3.18. The van der Waals surface area contributed by atoms with Crippen LogP contribution < -0.4 is 14.8 Å². The standard InChI is InChI=1S/C15H13ClN2O4/c16-10-2-4-12(13(8-10)18(19)20)17-11-3-5-14-15(9-11)22-7-1-6-21-14/h2-5,8-9,17H,1,6-7H2. The maximum absolute atomic E-state index is 11.1. The van der Waals surface area contributed by atoms with Crippen LogP contribution in [0, 0.1) is 10.1 Å². The van der Waals surface area contributed by atoms with Crippen molar-refractivity contribution in [2.24, 2.45) is 0 Å². The van der Waals surface area contributed by atoms with E-state index in [1.807, 2.05) is 0 Å². The topological polar surface area (TPSA) is 73.6 Å². The molecule has 1 aliphatic rings. The molecule has 0 bridgehead atoms. The second kappa shape index (κ2) is 6.11. The largest absolute Gasteiger partial charge is 0.490 e. The number of rotatable bonds is 3. The van der Waals surface area contributed by atoms with E-state index in [1.165, 1.54) is 6.07 Å². The summed E-state index contributed by atoms with van der Waals surface area (Å²) in [7, 11) is 0. The molecule has 1 N–H and O–H groups in total. The Morgan fingerprint density at radius 1 is 1.09 bits per heavy atom. The Balaban J connectivity index is 1.90. The van der Waals surface area contributed by atoms with Crippen LogP contribution in [-0.2, 0) is 0 Å². The van der Waals surface area contributed by atoms with E-state index in [0.717, 1.165) is 6.42 Å².